The van der Waals surface area contributed by atoms with Gasteiger partial charge in [0.2, 0.25) is 5.91 Å². The summed E-state index contributed by atoms with van der Waals surface area (Å²) in [5, 5.41) is 21.0. The van der Waals surface area contributed by atoms with E-state index in [-0.39, 0.29) is 18.1 Å². The van der Waals surface area contributed by atoms with Crippen LogP contribution in [0, 0.1) is 22.0 Å². The van der Waals surface area contributed by atoms with E-state index in [0.29, 0.717) is 12.1 Å². The number of ether oxygens (including phenoxy) is 1. The highest BCUT2D eigenvalue weighted by Gasteiger charge is 2.73. The maximum absolute atomic E-state index is 13.3. The third-order valence-corrected chi connectivity index (χ3v) is 6.32. The summed E-state index contributed by atoms with van der Waals surface area (Å²) in [4.78, 5) is 37.7. The SMILES string of the molecule is O=C(O)C1C2C(=O)N(Cc3ccccc3)CC23C=CC1(c1ccc([N+](=O)[O-])cc1)O3. The molecule has 2 bridgehead atoms. The Hall–Kier alpha value is -3.52. The minimum Gasteiger partial charge on any atom is -0.481 e. The Morgan fingerprint density at radius 1 is 1.17 bits per heavy atom. The molecule has 2 aromatic rings. The first kappa shape index (κ1) is 18.5. The quantitative estimate of drug-likeness (QED) is 0.464. The first-order chi connectivity index (χ1) is 14.4. The number of fused-ring (bicyclic) bond motifs is 1. The van der Waals surface area contributed by atoms with E-state index in [2.05, 4.69) is 0 Å². The number of nitro benzene ring substituents is 1. The van der Waals surface area contributed by atoms with Crippen molar-refractivity contribution in [3.63, 3.8) is 0 Å². The number of nitrogens with zero attached hydrogens (tertiary/aromatic N) is 2. The highest BCUT2D eigenvalue weighted by Crippen LogP contribution is 2.61. The maximum Gasteiger partial charge on any atom is 0.311 e. The summed E-state index contributed by atoms with van der Waals surface area (Å²) in [6.07, 6.45) is 3.49. The van der Waals surface area contributed by atoms with Crippen LogP contribution in [0.15, 0.2) is 66.7 Å². The molecule has 2 aromatic carbocycles. The average Bonchev–Trinajstić information content (AvgIpc) is 3.34. The Morgan fingerprint density at radius 3 is 2.50 bits per heavy atom. The fourth-order valence-electron chi connectivity index (χ4n) is 5.06. The zero-order chi connectivity index (χ0) is 21.1. The molecule has 0 aliphatic carbocycles. The van der Waals surface area contributed by atoms with Crippen molar-refractivity contribution in [3.8, 4) is 0 Å². The minimum atomic E-state index is -1.32. The van der Waals surface area contributed by atoms with Crippen molar-refractivity contribution in [3.05, 3.63) is 88.0 Å². The number of carbonyl (C=O) groups is 2. The van der Waals surface area contributed by atoms with Crippen molar-refractivity contribution in [2.24, 2.45) is 11.8 Å². The van der Waals surface area contributed by atoms with Crippen LogP contribution in [0.3, 0.4) is 0 Å². The van der Waals surface area contributed by atoms with E-state index < -0.39 is 33.9 Å². The van der Waals surface area contributed by atoms with Gasteiger partial charge in [-0.05, 0) is 29.3 Å². The molecule has 30 heavy (non-hydrogen) atoms. The maximum atomic E-state index is 13.3. The topological polar surface area (TPSA) is 110 Å². The first-order valence-electron chi connectivity index (χ1n) is 9.57. The standard InChI is InChI=1S/C22H18N2O6/c25-19-17-18(20(26)27)22(15-6-8-16(9-7-15)24(28)29)11-10-21(17,30-22)13-23(19)12-14-4-2-1-3-5-14/h1-11,17-18H,12-13H2,(H,26,27). The predicted octanol–water partition coefficient (Wildman–Crippen LogP) is 2.49. The second-order valence-electron chi connectivity index (χ2n) is 7.96. The van der Waals surface area contributed by atoms with E-state index in [1.807, 2.05) is 30.3 Å². The van der Waals surface area contributed by atoms with E-state index in [1.54, 1.807) is 17.1 Å². The Labute approximate surface area is 171 Å². The third kappa shape index (κ3) is 2.43. The van der Waals surface area contributed by atoms with E-state index in [0.717, 1.165) is 5.56 Å². The summed E-state index contributed by atoms with van der Waals surface area (Å²) < 4.78 is 6.35. The van der Waals surface area contributed by atoms with E-state index in [4.69, 9.17) is 4.74 Å². The van der Waals surface area contributed by atoms with Crippen molar-refractivity contribution >= 4 is 17.6 Å². The third-order valence-electron chi connectivity index (χ3n) is 6.32. The molecule has 3 aliphatic rings. The highest BCUT2D eigenvalue weighted by atomic mass is 16.6. The number of hydrogen-bond acceptors (Lipinski definition) is 5. The number of benzene rings is 2. The fourth-order valence-corrected chi connectivity index (χ4v) is 5.06. The second-order valence-corrected chi connectivity index (χ2v) is 7.96. The van der Waals surface area contributed by atoms with Crippen molar-refractivity contribution in [1.82, 2.24) is 4.90 Å². The van der Waals surface area contributed by atoms with Gasteiger partial charge in [0, 0.05) is 18.7 Å². The number of carboxylic acid groups (broad SMARTS) is 1. The molecule has 2 fully saturated rings. The Balaban J connectivity index is 1.51. The molecule has 4 unspecified atom stereocenters. The highest BCUT2D eigenvalue weighted by molar-refractivity contribution is 5.91. The smallest absolute Gasteiger partial charge is 0.311 e. The number of nitro groups is 1. The zero-order valence-corrected chi connectivity index (χ0v) is 15.8. The second kappa shape index (κ2) is 6.24. The lowest BCUT2D eigenvalue weighted by Gasteiger charge is -2.31. The van der Waals surface area contributed by atoms with Gasteiger partial charge < -0.3 is 14.7 Å². The average molecular weight is 406 g/mol. The van der Waals surface area contributed by atoms with Gasteiger partial charge in [0.15, 0.2) is 0 Å². The molecule has 152 valence electrons. The van der Waals surface area contributed by atoms with Crippen LogP contribution in [-0.2, 0) is 26.5 Å². The first-order valence-corrected chi connectivity index (χ1v) is 9.57. The normalized spacial score (nSPS) is 31.2. The number of aliphatic carboxylic acids is 1. The van der Waals surface area contributed by atoms with E-state index in [9.17, 15) is 24.8 Å². The Bertz CT molecular complexity index is 1080. The number of hydrogen-bond donors (Lipinski definition) is 1. The lowest BCUT2D eigenvalue weighted by Crippen LogP contribution is -2.43. The summed E-state index contributed by atoms with van der Waals surface area (Å²) in [5.74, 6) is -3.34. The molecule has 3 aliphatic heterocycles. The van der Waals surface area contributed by atoms with Crippen LogP contribution in [0.5, 0.6) is 0 Å². The molecule has 0 aromatic heterocycles. The molecule has 0 radical (unpaired) electrons. The molecule has 0 saturated carbocycles. The van der Waals surface area contributed by atoms with Crippen molar-refractivity contribution < 1.29 is 24.4 Å². The van der Waals surface area contributed by atoms with E-state index >= 15 is 0 Å². The molecule has 8 heteroatoms. The van der Waals surface area contributed by atoms with Crippen LogP contribution in [0.2, 0.25) is 0 Å². The van der Waals surface area contributed by atoms with Crippen LogP contribution in [0.25, 0.3) is 0 Å². The van der Waals surface area contributed by atoms with Gasteiger partial charge in [-0.2, -0.15) is 0 Å². The van der Waals surface area contributed by atoms with Gasteiger partial charge in [0.25, 0.3) is 5.69 Å². The van der Waals surface area contributed by atoms with Gasteiger partial charge >= 0.3 is 5.97 Å². The summed E-state index contributed by atoms with van der Waals surface area (Å²) in [5.41, 5.74) is -0.984. The van der Waals surface area contributed by atoms with Gasteiger partial charge in [0.1, 0.15) is 17.1 Å². The molecule has 1 spiro atoms. The van der Waals surface area contributed by atoms with Gasteiger partial charge in [-0.25, -0.2) is 0 Å². The molecule has 1 N–H and O–H groups in total. The molecule has 3 heterocycles. The number of carboxylic acids is 1. The van der Waals surface area contributed by atoms with Crippen LogP contribution in [-0.4, -0.2) is 39.0 Å². The largest absolute Gasteiger partial charge is 0.481 e. The molecule has 5 rings (SSSR count). The van der Waals surface area contributed by atoms with Crippen LogP contribution in [0.4, 0.5) is 5.69 Å². The van der Waals surface area contributed by atoms with Crippen molar-refractivity contribution in [2.45, 2.75) is 17.7 Å². The summed E-state index contributed by atoms with van der Waals surface area (Å²) >= 11 is 0. The molecule has 8 nitrogen and oxygen atoms in total. The van der Waals surface area contributed by atoms with Crippen LogP contribution >= 0.6 is 0 Å². The van der Waals surface area contributed by atoms with Crippen LogP contribution < -0.4 is 0 Å². The van der Waals surface area contributed by atoms with E-state index in [1.165, 1.54) is 24.3 Å². The lowest BCUT2D eigenvalue weighted by atomic mass is 9.69. The molecular formula is C22H18N2O6. The summed E-state index contributed by atoms with van der Waals surface area (Å²) in [6.45, 7) is 0.645. The van der Waals surface area contributed by atoms with Crippen LogP contribution in [0.1, 0.15) is 11.1 Å². The Kier molecular flexibility index (Phi) is 3.85. The number of amides is 1. The van der Waals surface area contributed by atoms with Crippen molar-refractivity contribution in [2.75, 3.05) is 6.54 Å². The number of likely N-dealkylation sites (tertiary alicyclic amines) is 1. The van der Waals surface area contributed by atoms with Gasteiger partial charge in [0.05, 0.1) is 17.4 Å². The van der Waals surface area contributed by atoms with Gasteiger partial charge in [-0.3, -0.25) is 19.7 Å². The molecule has 4 atom stereocenters. The molecular weight excluding hydrogens is 388 g/mol. The zero-order valence-electron chi connectivity index (χ0n) is 15.8. The molecule has 2 saturated heterocycles. The summed E-state index contributed by atoms with van der Waals surface area (Å²) in [6, 6.07) is 15.2. The minimum absolute atomic E-state index is 0.0954. The molecule has 1 amide bonds. The Morgan fingerprint density at radius 2 is 1.87 bits per heavy atom. The van der Waals surface area contributed by atoms with Gasteiger partial charge in [-0.1, -0.05) is 36.4 Å². The van der Waals surface area contributed by atoms with Crippen molar-refractivity contribution in [1.29, 1.82) is 0 Å². The number of carbonyl (C=O) groups excluding carboxylic acids is 1. The summed E-state index contributed by atoms with van der Waals surface area (Å²) in [7, 11) is 0. The number of rotatable bonds is 5. The van der Waals surface area contributed by atoms with Gasteiger partial charge in [-0.15, -0.1) is 0 Å². The fraction of sp³-hybridized carbons (Fsp3) is 0.273. The predicted molar refractivity (Wildman–Crippen MR) is 104 cm³/mol. The number of non-ortho nitro benzene ring substituents is 1. The monoisotopic (exact) mass is 406 g/mol. The lowest BCUT2D eigenvalue weighted by molar-refractivity contribution is -0.384.